The molecule has 2 aromatic carbocycles. The van der Waals surface area contributed by atoms with Crippen LogP contribution in [0.15, 0.2) is 68.6 Å². The minimum absolute atomic E-state index is 0. The van der Waals surface area contributed by atoms with E-state index >= 15 is 0 Å². The molecule has 3 aromatic rings. The van der Waals surface area contributed by atoms with Crippen LogP contribution in [0.25, 0.3) is 22.7 Å². The van der Waals surface area contributed by atoms with Gasteiger partial charge in [0.25, 0.3) is 0 Å². The Labute approximate surface area is 209 Å². The number of para-hydroxylation sites is 1. The zero-order valence-electron chi connectivity index (χ0n) is 18.7. The summed E-state index contributed by atoms with van der Waals surface area (Å²) in [4.78, 5) is 0. The Hall–Kier alpha value is -1.35. The molecule has 0 amide bonds. The molecule has 1 aromatic heterocycles. The molecule has 0 spiro atoms. The average molecular weight is 615 g/mol. The van der Waals surface area contributed by atoms with E-state index < -0.39 is 22.9 Å². The van der Waals surface area contributed by atoms with Crippen LogP contribution in [0.2, 0.25) is 0 Å². The number of hydrogen-bond acceptors (Lipinski definition) is 0. The number of halogens is 2. The Morgan fingerprint density at radius 2 is 1.52 bits per heavy atom. The van der Waals surface area contributed by atoms with E-state index in [9.17, 15) is 0 Å². The van der Waals surface area contributed by atoms with Crippen LogP contribution in [0.4, 0.5) is 0 Å². The summed E-state index contributed by atoms with van der Waals surface area (Å²) in [7, 11) is 0. The molecule has 1 atom stereocenters. The van der Waals surface area contributed by atoms with Gasteiger partial charge in [-0.3, -0.25) is 0 Å². The topological polar surface area (TPSA) is 4.93 Å². The summed E-state index contributed by atoms with van der Waals surface area (Å²) in [5.41, 5.74) is 13.4. The second-order valence-electron chi connectivity index (χ2n) is 8.52. The first kappa shape index (κ1) is 24.3. The third-order valence-electron chi connectivity index (χ3n) is 7.01. The zero-order valence-corrected chi connectivity index (χ0v) is 23.8. The number of hydrogen-bond donors (Lipinski definition) is 0. The fourth-order valence-corrected chi connectivity index (χ4v) is 11.7. The Balaban J connectivity index is 0.00000136. The number of nitrogens with zero attached hydrogens (tertiary/aromatic N) is 1. The van der Waals surface area contributed by atoms with Gasteiger partial charge >= 0.3 is 186 Å². The number of aromatic nitrogens is 1. The minimum atomic E-state index is -1.10. The van der Waals surface area contributed by atoms with Crippen molar-refractivity contribution in [3.63, 3.8) is 0 Å². The van der Waals surface area contributed by atoms with Gasteiger partial charge in [-0.1, -0.05) is 0 Å². The maximum atomic E-state index is 2.57. The number of allylic oxidation sites excluding steroid dienone is 5. The first-order valence-electron chi connectivity index (χ1n) is 10.5. The summed E-state index contributed by atoms with van der Waals surface area (Å²) >= 11 is -1.10. The number of fused-ring (bicyclic) bond motifs is 2. The molecule has 0 aliphatic heterocycles. The van der Waals surface area contributed by atoms with E-state index in [1.54, 1.807) is 25.6 Å². The molecule has 1 heterocycles. The average Bonchev–Trinajstić information content (AvgIpc) is 3.29. The van der Waals surface area contributed by atoms with Crippen LogP contribution in [-0.2, 0) is 22.9 Å². The Morgan fingerprint density at radius 3 is 2.23 bits per heavy atom. The predicted molar refractivity (Wildman–Crippen MR) is 120 cm³/mol. The van der Waals surface area contributed by atoms with Crippen LogP contribution >= 0.6 is 0 Å². The fourth-order valence-electron chi connectivity index (χ4n) is 4.92. The van der Waals surface area contributed by atoms with E-state index in [4.69, 9.17) is 0 Å². The molecule has 2 aliphatic rings. The van der Waals surface area contributed by atoms with Gasteiger partial charge in [-0.05, 0) is 0 Å². The Kier molecular flexibility index (Phi) is 7.25. The van der Waals surface area contributed by atoms with Gasteiger partial charge in [-0.15, -0.1) is 0 Å². The molecule has 1 unspecified atom stereocenters. The van der Waals surface area contributed by atoms with Gasteiger partial charge in [0.05, 0.1) is 0 Å². The summed E-state index contributed by atoms with van der Waals surface area (Å²) in [6.45, 7) is 11.6. The van der Waals surface area contributed by atoms with Crippen molar-refractivity contribution in [2.75, 3.05) is 0 Å². The van der Waals surface area contributed by atoms with Crippen molar-refractivity contribution in [2.45, 2.75) is 44.7 Å². The maximum Gasteiger partial charge on any atom is -1.00 e. The van der Waals surface area contributed by atoms with Gasteiger partial charge in [0.15, 0.2) is 0 Å². The molecular weight excluding hydrogens is 588 g/mol. The molecule has 0 fully saturated rings. The molecule has 0 bridgehead atoms. The molecule has 0 saturated heterocycles. The standard InChI is InChI=1S/C19H16N.C8H11.2ClH.Hf/c1-13-14(2)20(19-10-6-5-9-18(13)19)17-11-15-7-3-4-8-16(15)12-17;1-6-4-5-7(2)8(6)3;;;/h3-12H,1-2H3;4H2,1-3H3;2*1H;/q;;;;+2/p-2. The van der Waals surface area contributed by atoms with Crippen LogP contribution in [0.1, 0.15) is 53.3 Å². The van der Waals surface area contributed by atoms with Crippen molar-refractivity contribution in [1.29, 1.82) is 0 Å². The van der Waals surface area contributed by atoms with Crippen LogP contribution in [0, 0.1) is 13.8 Å². The molecular formula is C27H27Cl2HfN. The molecule has 1 nitrogen and oxygen atoms in total. The van der Waals surface area contributed by atoms with E-state index in [1.165, 1.54) is 39.8 Å². The number of aryl methyl sites for hydroxylation is 1. The van der Waals surface area contributed by atoms with Crippen molar-refractivity contribution >= 4 is 22.7 Å². The van der Waals surface area contributed by atoms with Crippen LogP contribution in [0.5, 0.6) is 0 Å². The summed E-state index contributed by atoms with van der Waals surface area (Å²) in [6, 6.07) is 18.0. The Morgan fingerprint density at radius 1 is 0.839 bits per heavy atom. The largest absolute Gasteiger partial charge is 1.00 e. The van der Waals surface area contributed by atoms with Crippen LogP contribution in [0.3, 0.4) is 0 Å². The summed E-state index contributed by atoms with van der Waals surface area (Å²) < 4.78 is 4.97. The van der Waals surface area contributed by atoms with Crippen molar-refractivity contribution in [3.05, 3.63) is 91.0 Å². The maximum absolute atomic E-state index is 2.57. The first-order chi connectivity index (χ1) is 14.0. The van der Waals surface area contributed by atoms with E-state index in [1.807, 2.05) is 0 Å². The van der Waals surface area contributed by atoms with Gasteiger partial charge in [0, 0.05) is 0 Å². The third-order valence-corrected chi connectivity index (χ3v) is 13.5. The van der Waals surface area contributed by atoms with Gasteiger partial charge in [-0.2, -0.15) is 0 Å². The third kappa shape index (κ3) is 3.86. The van der Waals surface area contributed by atoms with Crippen molar-refractivity contribution in [3.8, 4) is 0 Å². The SMILES string of the molecule is CC1=C(C)C(C)=[C]([Hf+2][CH]2C(n3c(C)c(C)c4ccccc43)=Cc3ccccc32)C1.[Cl-].[Cl-]. The minimum Gasteiger partial charge on any atom is -1.00 e. The monoisotopic (exact) mass is 615 g/mol. The predicted octanol–water partition coefficient (Wildman–Crippen LogP) is 1.42. The fraction of sp³-hybridized carbons (Fsp3) is 0.259. The van der Waals surface area contributed by atoms with Crippen molar-refractivity contribution in [1.82, 2.24) is 4.57 Å². The van der Waals surface area contributed by atoms with Crippen molar-refractivity contribution in [2.24, 2.45) is 0 Å². The van der Waals surface area contributed by atoms with E-state index in [-0.39, 0.29) is 24.8 Å². The Bertz CT molecular complexity index is 1260. The quantitative estimate of drug-likeness (QED) is 0.394. The summed E-state index contributed by atoms with van der Waals surface area (Å²) in [5.74, 6) is 0. The van der Waals surface area contributed by atoms with E-state index in [0.717, 1.165) is 0 Å². The second-order valence-corrected chi connectivity index (χ2v) is 13.8. The molecule has 0 radical (unpaired) electrons. The summed E-state index contributed by atoms with van der Waals surface area (Å²) in [5, 5.41) is 1.39. The molecule has 0 saturated carbocycles. The molecule has 4 heteroatoms. The smallest absolute Gasteiger partial charge is 1.00 e. The normalized spacial score (nSPS) is 17.3. The van der Waals surface area contributed by atoms with Crippen LogP contribution < -0.4 is 24.8 Å². The number of benzene rings is 2. The second kappa shape index (κ2) is 9.25. The zero-order chi connectivity index (χ0) is 20.3. The van der Waals surface area contributed by atoms with Crippen molar-refractivity contribution < 1.29 is 47.7 Å². The molecule has 158 valence electrons. The van der Waals surface area contributed by atoms with Gasteiger partial charge < -0.3 is 24.8 Å². The molecule has 0 N–H and O–H groups in total. The first-order valence-corrected chi connectivity index (χ1v) is 14.3. The molecule has 31 heavy (non-hydrogen) atoms. The van der Waals surface area contributed by atoms with Crippen LogP contribution in [-0.4, -0.2) is 4.57 Å². The molecule has 2 aliphatic carbocycles. The summed E-state index contributed by atoms with van der Waals surface area (Å²) in [6.07, 6.45) is 3.70. The van der Waals surface area contributed by atoms with E-state index in [0.29, 0.717) is 3.67 Å². The number of rotatable bonds is 3. The molecule has 5 rings (SSSR count). The van der Waals surface area contributed by atoms with Gasteiger partial charge in [-0.25, -0.2) is 0 Å². The van der Waals surface area contributed by atoms with E-state index in [2.05, 4.69) is 93.8 Å². The van der Waals surface area contributed by atoms with Gasteiger partial charge in [0.2, 0.25) is 0 Å². The van der Waals surface area contributed by atoms with Gasteiger partial charge in [0.1, 0.15) is 0 Å².